The van der Waals surface area contributed by atoms with Crippen LogP contribution in [0.5, 0.6) is 0 Å². The van der Waals surface area contributed by atoms with Crippen LogP contribution in [0.1, 0.15) is 18.4 Å². The maximum atomic E-state index is 2.45. The first-order chi connectivity index (χ1) is 18.4. The molecule has 0 atom stereocenters. The number of para-hydroxylation sites is 2. The van der Waals surface area contributed by atoms with Crippen LogP contribution in [0.25, 0.3) is 39.0 Å². The van der Waals surface area contributed by atoms with E-state index in [0.29, 0.717) is 0 Å². The van der Waals surface area contributed by atoms with Gasteiger partial charge in [0.05, 0.1) is 11.4 Å². The summed E-state index contributed by atoms with van der Waals surface area (Å²) in [5.41, 5.74) is 13.6. The van der Waals surface area contributed by atoms with Crippen LogP contribution < -0.4 is 4.90 Å². The molecule has 0 saturated carbocycles. The van der Waals surface area contributed by atoms with Gasteiger partial charge in [-0.1, -0.05) is 109 Å². The molecular weight excluding hydrogens is 446 g/mol. The van der Waals surface area contributed by atoms with Gasteiger partial charge in [-0.25, -0.2) is 0 Å². The summed E-state index contributed by atoms with van der Waals surface area (Å²) < 4.78 is 0. The zero-order valence-corrected chi connectivity index (χ0v) is 20.6. The van der Waals surface area contributed by atoms with E-state index in [9.17, 15) is 0 Å². The fourth-order valence-corrected chi connectivity index (χ4v) is 5.69. The Labute approximate surface area is 218 Å². The van der Waals surface area contributed by atoms with Crippen LogP contribution in [0.3, 0.4) is 0 Å². The van der Waals surface area contributed by atoms with Crippen LogP contribution in [0.4, 0.5) is 17.1 Å². The van der Waals surface area contributed by atoms with Gasteiger partial charge in [-0.2, -0.15) is 0 Å². The average molecular weight is 474 g/mol. The van der Waals surface area contributed by atoms with E-state index in [0.717, 1.165) is 12.8 Å². The molecule has 7 rings (SSSR count). The molecule has 5 aromatic rings. The van der Waals surface area contributed by atoms with Gasteiger partial charge in [-0.3, -0.25) is 0 Å². The molecule has 0 N–H and O–H groups in total. The van der Waals surface area contributed by atoms with E-state index in [-0.39, 0.29) is 0 Å². The second kappa shape index (κ2) is 9.11. The smallest absolute Gasteiger partial charge is 0.0540 e. The highest BCUT2D eigenvalue weighted by Gasteiger charge is 2.26. The Kier molecular flexibility index (Phi) is 5.33. The van der Waals surface area contributed by atoms with Gasteiger partial charge in [0.25, 0.3) is 0 Å². The van der Waals surface area contributed by atoms with Gasteiger partial charge < -0.3 is 4.90 Å². The van der Waals surface area contributed by atoms with Crippen molar-refractivity contribution in [2.45, 2.75) is 12.8 Å². The third kappa shape index (κ3) is 3.80. The van der Waals surface area contributed by atoms with Crippen molar-refractivity contribution in [3.8, 4) is 33.4 Å². The number of hydrogen-bond acceptors (Lipinski definition) is 1. The van der Waals surface area contributed by atoms with Crippen LogP contribution in [0, 0.1) is 0 Å². The topological polar surface area (TPSA) is 3.24 Å². The molecule has 5 aromatic carbocycles. The SMILES string of the molecule is C1=CC(c2cc(-c3ccccc3)cc(N3c4ccccc4-c4ccccc4-c4ccccc43)c2)=CCC1. The number of rotatable bonds is 3. The maximum absolute atomic E-state index is 2.45. The minimum Gasteiger partial charge on any atom is -0.309 e. The monoisotopic (exact) mass is 473 g/mol. The first-order valence-electron chi connectivity index (χ1n) is 13.0. The Hall–Kier alpha value is -4.62. The summed E-state index contributed by atoms with van der Waals surface area (Å²) in [5, 5.41) is 0. The van der Waals surface area contributed by atoms with Crippen LogP contribution in [-0.2, 0) is 0 Å². The van der Waals surface area contributed by atoms with E-state index >= 15 is 0 Å². The van der Waals surface area contributed by atoms with Crippen molar-refractivity contribution in [2.75, 3.05) is 4.90 Å². The predicted molar refractivity (Wildman–Crippen MR) is 157 cm³/mol. The highest BCUT2D eigenvalue weighted by molar-refractivity contribution is 6.02. The van der Waals surface area contributed by atoms with Crippen LogP contribution in [0.15, 0.2) is 140 Å². The Morgan fingerprint density at radius 3 is 1.65 bits per heavy atom. The van der Waals surface area contributed by atoms with Crippen molar-refractivity contribution in [1.29, 1.82) is 0 Å². The van der Waals surface area contributed by atoms with Gasteiger partial charge in [-0.05, 0) is 76.6 Å². The predicted octanol–water partition coefficient (Wildman–Crippen LogP) is 10.2. The summed E-state index contributed by atoms with van der Waals surface area (Å²) >= 11 is 0. The van der Waals surface area contributed by atoms with Gasteiger partial charge in [0, 0.05) is 16.8 Å². The summed E-state index contributed by atoms with van der Waals surface area (Å²) in [6.07, 6.45) is 9.13. The highest BCUT2D eigenvalue weighted by Crippen LogP contribution is 2.51. The number of allylic oxidation sites excluding steroid dienone is 4. The summed E-state index contributed by atoms with van der Waals surface area (Å²) in [6.45, 7) is 0. The summed E-state index contributed by atoms with van der Waals surface area (Å²) in [4.78, 5) is 2.45. The molecule has 0 unspecified atom stereocenters. The van der Waals surface area contributed by atoms with Crippen molar-refractivity contribution < 1.29 is 0 Å². The second-order valence-electron chi connectivity index (χ2n) is 9.69. The van der Waals surface area contributed by atoms with Crippen molar-refractivity contribution in [3.05, 3.63) is 145 Å². The van der Waals surface area contributed by atoms with Crippen LogP contribution in [0.2, 0.25) is 0 Å². The van der Waals surface area contributed by atoms with E-state index in [2.05, 4.69) is 144 Å². The molecule has 1 aliphatic heterocycles. The molecule has 0 amide bonds. The molecular formula is C36H27N. The molecule has 0 spiro atoms. The van der Waals surface area contributed by atoms with Crippen molar-refractivity contribution in [2.24, 2.45) is 0 Å². The Morgan fingerprint density at radius 1 is 0.459 bits per heavy atom. The lowest BCUT2D eigenvalue weighted by Crippen LogP contribution is -2.11. The zero-order chi connectivity index (χ0) is 24.6. The normalized spacial score (nSPS) is 13.7. The Morgan fingerprint density at radius 2 is 1.03 bits per heavy atom. The lowest BCUT2D eigenvalue weighted by atomic mass is 9.94. The van der Waals surface area contributed by atoms with Gasteiger partial charge in [0.1, 0.15) is 0 Å². The van der Waals surface area contributed by atoms with Crippen LogP contribution >= 0.6 is 0 Å². The molecule has 0 radical (unpaired) electrons. The summed E-state index contributed by atoms with van der Waals surface area (Å²) in [5.74, 6) is 0. The lowest BCUT2D eigenvalue weighted by molar-refractivity contribution is 1.04. The zero-order valence-electron chi connectivity index (χ0n) is 20.6. The minimum atomic E-state index is 1.08. The first-order valence-corrected chi connectivity index (χ1v) is 13.0. The van der Waals surface area contributed by atoms with Crippen LogP contribution in [-0.4, -0.2) is 0 Å². The van der Waals surface area contributed by atoms with Gasteiger partial charge in [0.15, 0.2) is 0 Å². The molecule has 0 fully saturated rings. The van der Waals surface area contributed by atoms with E-state index in [1.54, 1.807) is 0 Å². The van der Waals surface area contributed by atoms with E-state index in [1.807, 2.05) is 0 Å². The van der Waals surface area contributed by atoms with E-state index in [1.165, 1.54) is 61.6 Å². The molecule has 37 heavy (non-hydrogen) atoms. The molecule has 0 saturated heterocycles. The maximum Gasteiger partial charge on any atom is 0.0540 e. The van der Waals surface area contributed by atoms with Crippen molar-refractivity contribution in [1.82, 2.24) is 0 Å². The number of anilines is 3. The second-order valence-corrected chi connectivity index (χ2v) is 9.69. The molecule has 0 aromatic heterocycles. The fourth-order valence-electron chi connectivity index (χ4n) is 5.69. The number of nitrogens with zero attached hydrogens (tertiary/aromatic N) is 1. The summed E-state index contributed by atoms with van der Waals surface area (Å²) in [7, 11) is 0. The largest absolute Gasteiger partial charge is 0.309 e. The van der Waals surface area contributed by atoms with Crippen molar-refractivity contribution in [3.63, 3.8) is 0 Å². The fraction of sp³-hybridized carbons (Fsp3) is 0.0556. The van der Waals surface area contributed by atoms with Crippen molar-refractivity contribution >= 4 is 22.6 Å². The Balaban J connectivity index is 1.53. The molecule has 1 nitrogen and oxygen atoms in total. The van der Waals surface area contributed by atoms with E-state index in [4.69, 9.17) is 0 Å². The molecule has 1 heterocycles. The Bertz CT molecular complexity index is 1610. The summed E-state index contributed by atoms with van der Waals surface area (Å²) in [6, 6.07) is 44.1. The number of benzene rings is 5. The average Bonchev–Trinajstić information content (AvgIpc) is 3.11. The first kappa shape index (κ1) is 21.6. The third-order valence-corrected chi connectivity index (χ3v) is 7.41. The number of hydrogen-bond donors (Lipinski definition) is 0. The third-order valence-electron chi connectivity index (χ3n) is 7.41. The highest BCUT2D eigenvalue weighted by atomic mass is 15.1. The molecule has 1 heteroatoms. The van der Waals surface area contributed by atoms with Gasteiger partial charge in [0.2, 0.25) is 0 Å². The lowest BCUT2D eigenvalue weighted by Gasteiger charge is -2.28. The minimum absolute atomic E-state index is 1.08. The van der Waals surface area contributed by atoms with Gasteiger partial charge in [-0.15, -0.1) is 0 Å². The van der Waals surface area contributed by atoms with Gasteiger partial charge >= 0.3 is 0 Å². The standard InChI is InChI=1S/C36H27N/c1-3-13-26(14-4-1)28-23-29(27-15-5-2-6-16-27)25-30(24-28)37-35-21-11-9-19-33(35)31-17-7-8-18-32(31)34-20-10-12-22-36(34)37/h1,3-5,7-25H,2,6H2. The molecule has 1 aliphatic carbocycles. The molecule has 176 valence electrons. The molecule has 2 aliphatic rings. The quantitative estimate of drug-likeness (QED) is 0.247. The number of fused-ring (bicyclic) bond motifs is 5. The molecule has 0 bridgehead atoms. The van der Waals surface area contributed by atoms with E-state index < -0.39 is 0 Å².